The van der Waals surface area contributed by atoms with Crippen LogP contribution in [0.4, 0.5) is 26.3 Å². The number of hydrogen-bond acceptors (Lipinski definition) is 12. The Morgan fingerprint density at radius 1 is 0.431 bits per heavy atom. The number of hydrogen-bond donors (Lipinski definition) is 0. The second-order valence-electron chi connectivity index (χ2n) is 9.98. The molecule has 312 valence electrons. The summed E-state index contributed by atoms with van der Waals surface area (Å²) in [6.07, 6.45) is 4.12. The van der Waals surface area contributed by atoms with Gasteiger partial charge in [-0.2, -0.15) is 46.7 Å². The van der Waals surface area contributed by atoms with Gasteiger partial charge in [-0.15, -0.1) is 0 Å². The number of rotatable bonds is 6. The van der Waals surface area contributed by atoms with E-state index in [1.54, 1.807) is 49.6 Å². The largest absolute Gasteiger partial charge is 2.00 e. The Hall–Kier alpha value is -6.20. The van der Waals surface area contributed by atoms with Crippen LogP contribution in [0, 0.1) is 0 Å². The van der Waals surface area contributed by atoms with E-state index in [1.807, 2.05) is 72.8 Å². The number of benzene rings is 1. The first-order valence-electron chi connectivity index (χ1n) is 15.6. The average Bonchev–Trinajstić information content (AvgIpc) is 3.22. The van der Waals surface area contributed by atoms with E-state index in [9.17, 15) is 46.8 Å². The molecule has 5 rings (SSSR count). The van der Waals surface area contributed by atoms with Crippen LogP contribution in [-0.4, -0.2) is 55.5 Å². The maximum absolute atomic E-state index is 12.1. The van der Waals surface area contributed by atoms with E-state index in [-0.39, 0.29) is 57.4 Å². The van der Waals surface area contributed by atoms with Gasteiger partial charge in [-0.1, -0.05) is 48.5 Å². The number of halogens is 6. The normalized spacial score (nSPS) is 12.1. The fraction of sp³-hybridized carbons (Fsp3) is 0.105. The molecule has 4 heterocycles. The van der Waals surface area contributed by atoms with Gasteiger partial charge in [0.25, 0.3) is 0 Å². The summed E-state index contributed by atoms with van der Waals surface area (Å²) in [5.74, 6) is -6.35. The van der Waals surface area contributed by atoms with Crippen LogP contribution in [0.1, 0.15) is 25.0 Å². The smallest absolute Gasteiger partial charge is 0.869 e. The standard InChI is InChI=1S/C18H16F6N4O4.4C5H5N.2Cu/c1-9(7-13(29)17(19,20)21)25-27-15(31)11-3-5-12(6-4-11)16(32)28-26-10(2)8-14(30)18(22,23)24;4*1-2-4-6-5-3-1;;/h3-8,29-30H,1-2H3,(H,27,31)(H,28,32);4*1-5H;;/q;;;;;2*+2/p-4/b13-7-,14-8-,25-9+,26-10+;;;;;;. The third-order valence-electron chi connectivity index (χ3n) is 5.48. The van der Waals surface area contributed by atoms with Gasteiger partial charge in [0, 0.05) is 61.4 Å². The molecular weight excluding hydrogens is 874 g/mol. The van der Waals surface area contributed by atoms with E-state index in [0.29, 0.717) is 0 Å². The molecule has 20 heteroatoms. The van der Waals surface area contributed by atoms with Gasteiger partial charge in [0.05, 0.1) is 11.4 Å². The summed E-state index contributed by atoms with van der Waals surface area (Å²) in [5, 5.41) is 58.0. The summed E-state index contributed by atoms with van der Waals surface area (Å²) in [5.41, 5.74) is -1.19. The molecule has 0 aliphatic rings. The second-order valence-corrected chi connectivity index (χ2v) is 9.98. The van der Waals surface area contributed by atoms with E-state index in [1.165, 1.54) is 0 Å². The molecule has 2 radical (unpaired) electrons. The quantitative estimate of drug-likeness (QED) is 0.0590. The van der Waals surface area contributed by atoms with Crippen molar-refractivity contribution in [1.29, 1.82) is 0 Å². The zero-order valence-corrected chi connectivity index (χ0v) is 32.0. The zero-order chi connectivity index (χ0) is 41.7. The van der Waals surface area contributed by atoms with Gasteiger partial charge in [0.2, 0.25) is 0 Å². The molecule has 0 aliphatic heterocycles. The first-order valence-corrected chi connectivity index (χ1v) is 15.6. The molecular formula is C38H32Cu2F6N8O4. The first kappa shape index (κ1) is 53.9. The number of pyridine rings is 4. The van der Waals surface area contributed by atoms with Crippen LogP contribution >= 0.6 is 0 Å². The van der Waals surface area contributed by atoms with Crippen molar-refractivity contribution < 1.29 is 80.9 Å². The summed E-state index contributed by atoms with van der Waals surface area (Å²) in [6, 6.07) is 27.2. The fourth-order valence-electron chi connectivity index (χ4n) is 2.97. The molecule has 1 aromatic carbocycles. The minimum absolute atomic E-state index is 0. The Labute approximate surface area is 350 Å². The van der Waals surface area contributed by atoms with Crippen molar-refractivity contribution in [2.75, 3.05) is 0 Å². The summed E-state index contributed by atoms with van der Waals surface area (Å²) in [6.45, 7) is 2.04. The monoisotopic (exact) mass is 904 g/mol. The van der Waals surface area contributed by atoms with E-state index >= 15 is 0 Å². The summed E-state index contributed by atoms with van der Waals surface area (Å²) >= 11 is 0. The predicted octanol–water partition coefficient (Wildman–Crippen LogP) is 4.59. The third kappa shape index (κ3) is 27.4. The molecule has 0 saturated carbocycles. The van der Waals surface area contributed by atoms with Crippen LogP contribution in [0.25, 0.3) is 0 Å². The molecule has 0 aliphatic carbocycles. The minimum atomic E-state index is -5.09. The van der Waals surface area contributed by atoms with Crippen molar-refractivity contribution >= 4 is 23.2 Å². The Kier molecular flexibility index (Phi) is 28.8. The summed E-state index contributed by atoms with van der Waals surface area (Å²) in [7, 11) is 0. The predicted molar refractivity (Wildman–Crippen MR) is 191 cm³/mol. The number of nitrogens with zero attached hydrogens (tertiary/aromatic N) is 8. The Morgan fingerprint density at radius 2 is 0.655 bits per heavy atom. The van der Waals surface area contributed by atoms with Crippen LogP contribution in [-0.2, 0) is 34.1 Å². The van der Waals surface area contributed by atoms with Crippen LogP contribution in [0.15, 0.2) is 191 Å². The van der Waals surface area contributed by atoms with Crippen LogP contribution < -0.4 is 20.4 Å². The van der Waals surface area contributed by atoms with Crippen molar-refractivity contribution in [2.45, 2.75) is 26.2 Å². The van der Waals surface area contributed by atoms with Gasteiger partial charge in [0.1, 0.15) is 0 Å². The van der Waals surface area contributed by atoms with E-state index in [0.717, 1.165) is 38.1 Å². The Morgan fingerprint density at radius 3 is 0.810 bits per heavy atom. The topological polar surface area (TPSA) is 193 Å². The molecule has 58 heavy (non-hydrogen) atoms. The molecule has 0 atom stereocenters. The molecule has 0 N–H and O–H groups in total. The van der Waals surface area contributed by atoms with Crippen LogP contribution in [0.5, 0.6) is 0 Å². The molecule has 4 aromatic heterocycles. The number of alkyl halides is 6. The third-order valence-corrected chi connectivity index (χ3v) is 5.48. The van der Waals surface area contributed by atoms with Crippen LogP contribution in [0.2, 0.25) is 0 Å². The molecule has 0 fully saturated rings. The van der Waals surface area contributed by atoms with Crippen molar-refractivity contribution in [3.63, 3.8) is 0 Å². The van der Waals surface area contributed by atoms with Gasteiger partial charge in [-0.3, -0.25) is 19.9 Å². The average molecular weight is 906 g/mol. The summed E-state index contributed by atoms with van der Waals surface area (Å²) in [4.78, 5) is 15.1. The molecule has 12 nitrogen and oxygen atoms in total. The van der Waals surface area contributed by atoms with Crippen LogP contribution in [0.3, 0.4) is 0 Å². The zero-order valence-electron chi connectivity index (χ0n) is 30.1. The van der Waals surface area contributed by atoms with Crippen molar-refractivity contribution in [1.82, 2.24) is 19.9 Å². The Bertz CT molecular complexity index is 1660. The number of aromatic nitrogens is 4. The Balaban J connectivity index is 0. The molecule has 0 amide bonds. The van der Waals surface area contributed by atoms with Gasteiger partial charge in [0.15, 0.2) is 0 Å². The minimum Gasteiger partial charge on any atom is -0.869 e. The first-order chi connectivity index (χ1) is 26.6. The maximum atomic E-state index is 12.1. The van der Waals surface area contributed by atoms with Gasteiger partial charge >= 0.3 is 46.5 Å². The van der Waals surface area contributed by atoms with Crippen molar-refractivity contribution in [3.05, 3.63) is 181 Å². The molecule has 0 bridgehead atoms. The SMILES string of the molecule is CC(/C=C(\[O-])C(F)(F)F)=N\N=C(/[O-])c1ccc(/C([O-])=N/N=C(C)/C=C(\[O-])C(F)(F)F)cc1.[Cu+2].[Cu+2].c1ccncc1.c1ccncc1.c1ccncc1.c1ccncc1. The van der Waals surface area contributed by atoms with E-state index in [2.05, 4.69) is 40.3 Å². The van der Waals surface area contributed by atoms with E-state index in [4.69, 9.17) is 0 Å². The van der Waals surface area contributed by atoms with Gasteiger partial charge in [-0.05, 0) is 97.2 Å². The molecule has 0 spiro atoms. The summed E-state index contributed by atoms with van der Waals surface area (Å²) < 4.78 is 72.8. The van der Waals surface area contributed by atoms with Crippen molar-refractivity contribution in [3.8, 4) is 0 Å². The maximum Gasteiger partial charge on any atom is 2.00 e. The van der Waals surface area contributed by atoms with E-state index < -0.39 is 47.1 Å². The number of allylic oxidation sites excluding steroid dienone is 4. The molecule has 5 aromatic rings. The van der Waals surface area contributed by atoms with Gasteiger partial charge in [-0.25, -0.2) is 0 Å². The molecule has 0 unspecified atom stereocenters. The molecule has 0 saturated heterocycles. The van der Waals surface area contributed by atoms with Crippen molar-refractivity contribution in [2.24, 2.45) is 20.4 Å². The second kappa shape index (κ2) is 31.0. The van der Waals surface area contributed by atoms with Gasteiger partial charge < -0.3 is 20.4 Å². The fourth-order valence-corrected chi connectivity index (χ4v) is 2.97.